The lowest BCUT2D eigenvalue weighted by Crippen LogP contribution is -2.40. The van der Waals surface area contributed by atoms with E-state index in [2.05, 4.69) is 10.2 Å². The largest absolute Gasteiger partial charge is 0.405 e. The zero-order valence-electron chi connectivity index (χ0n) is 11.9. The summed E-state index contributed by atoms with van der Waals surface area (Å²) in [4.78, 5) is 13.9. The van der Waals surface area contributed by atoms with Crippen LogP contribution >= 0.6 is 12.4 Å². The van der Waals surface area contributed by atoms with Gasteiger partial charge < -0.3 is 15.5 Å². The molecule has 2 N–H and O–H groups in total. The molecule has 8 heteroatoms. The molecule has 0 aromatic heterocycles. The summed E-state index contributed by atoms with van der Waals surface area (Å²) in [6, 6.07) is 0. The minimum absolute atomic E-state index is 0. The molecular formula is C13H23ClF3N3O. The van der Waals surface area contributed by atoms with Crippen molar-refractivity contribution in [3.63, 3.8) is 0 Å². The van der Waals surface area contributed by atoms with Gasteiger partial charge in [0.05, 0.1) is 5.92 Å². The van der Waals surface area contributed by atoms with E-state index in [1.54, 1.807) is 0 Å². The van der Waals surface area contributed by atoms with Crippen LogP contribution in [0.1, 0.15) is 19.3 Å². The molecule has 0 aromatic rings. The first-order valence-corrected chi connectivity index (χ1v) is 7.21. The van der Waals surface area contributed by atoms with E-state index in [9.17, 15) is 18.0 Å². The van der Waals surface area contributed by atoms with Gasteiger partial charge >= 0.3 is 6.18 Å². The Balaban J connectivity index is 0.00000220. The predicted molar refractivity (Wildman–Crippen MR) is 76.5 cm³/mol. The lowest BCUT2D eigenvalue weighted by molar-refractivity contribution is -0.140. The molecule has 0 radical (unpaired) electrons. The van der Waals surface area contributed by atoms with Crippen LogP contribution in [0.4, 0.5) is 13.2 Å². The number of alkyl halides is 3. The summed E-state index contributed by atoms with van der Waals surface area (Å²) in [5.74, 6) is -0.166. The zero-order valence-corrected chi connectivity index (χ0v) is 12.7. The molecule has 0 spiro atoms. The van der Waals surface area contributed by atoms with Crippen LogP contribution in [0.3, 0.4) is 0 Å². The first kappa shape index (κ1) is 18.5. The van der Waals surface area contributed by atoms with Gasteiger partial charge in [-0.15, -0.1) is 12.4 Å². The molecule has 2 aliphatic rings. The van der Waals surface area contributed by atoms with E-state index in [0.717, 1.165) is 26.2 Å². The normalized spacial score (nSPS) is 27.2. The summed E-state index contributed by atoms with van der Waals surface area (Å²) in [5, 5.41) is 5.33. The van der Waals surface area contributed by atoms with Crippen molar-refractivity contribution >= 4 is 18.3 Å². The second-order valence-electron chi connectivity index (χ2n) is 5.79. The molecule has 2 saturated heterocycles. The molecule has 2 aliphatic heterocycles. The van der Waals surface area contributed by atoms with Crippen LogP contribution in [-0.4, -0.2) is 56.3 Å². The third-order valence-electron chi connectivity index (χ3n) is 4.02. The molecular weight excluding hydrogens is 307 g/mol. The molecule has 2 atom stereocenters. The molecule has 124 valence electrons. The minimum atomic E-state index is -4.33. The predicted octanol–water partition coefficient (Wildman–Crippen LogP) is 1.41. The molecule has 1 amide bonds. The molecule has 2 fully saturated rings. The van der Waals surface area contributed by atoms with E-state index >= 15 is 0 Å². The molecule has 2 heterocycles. The lowest BCUT2D eigenvalue weighted by Gasteiger charge is -2.27. The summed E-state index contributed by atoms with van der Waals surface area (Å²) < 4.78 is 36.2. The van der Waals surface area contributed by atoms with Crippen LogP contribution in [0, 0.1) is 11.8 Å². The maximum absolute atomic E-state index is 12.1. The minimum Gasteiger partial charge on any atom is -0.347 e. The average molecular weight is 330 g/mol. The molecule has 21 heavy (non-hydrogen) atoms. The molecule has 0 aromatic carbocycles. The number of piperidine rings is 1. The molecule has 2 unspecified atom stereocenters. The Morgan fingerprint density at radius 2 is 2.10 bits per heavy atom. The van der Waals surface area contributed by atoms with Crippen LogP contribution in [0.25, 0.3) is 0 Å². The van der Waals surface area contributed by atoms with Crippen LogP contribution in [0.15, 0.2) is 0 Å². The Bertz CT molecular complexity index is 335. The standard InChI is InChI=1S/C13H22F3N3O.ClH/c14-13(15,16)9-18-12(20)11-3-5-19(8-11)7-10-2-1-4-17-6-10;/h10-11,17H,1-9H2,(H,18,20);1H. The van der Waals surface area contributed by atoms with Gasteiger partial charge in [0, 0.05) is 13.1 Å². The lowest BCUT2D eigenvalue weighted by atomic mass is 9.99. The van der Waals surface area contributed by atoms with E-state index < -0.39 is 18.6 Å². The average Bonchev–Trinajstić information content (AvgIpc) is 2.85. The highest BCUT2D eigenvalue weighted by molar-refractivity contribution is 5.85. The fourth-order valence-corrected chi connectivity index (χ4v) is 2.99. The van der Waals surface area contributed by atoms with Crippen molar-refractivity contribution in [2.45, 2.75) is 25.4 Å². The quantitative estimate of drug-likeness (QED) is 0.819. The SMILES string of the molecule is Cl.O=C(NCC(F)(F)F)C1CCN(CC2CCCNC2)C1. The molecule has 0 saturated carbocycles. The summed E-state index contributed by atoms with van der Waals surface area (Å²) in [6.45, 7) is 3.17. The number of rotatable bonds is 4. The maximum atomic E-state index is 12.1. The van der Waals surface area contributed by atoms with Crippen LogP contribution in [0.5, 0.6) is 0 Å². The first-order valence-electron chi connectivity index (χ1n) is 7.21. The Kier molecular flexibility index (Phi) is 7.23. The van der Waals surface area contributed by atoms with Gasteiger partial charge in [-0.1, -0.05) is 0 Å². The Hall–Kier alpha value is -0.530. The van der Waals surface area contributed by atoms with Crippen LogP contribution in [0.2, 0.25) is 0 Å². The van der Waals surface area contributed by atoms with Gasteiger partial charge in [-0.05, 0) is 44.8 Å². The van der Waals surface area contributed by atoms with Crippen molar-refractivity contribution < 1.29 is 18.0 Å². The van der Waals surface area contributed by atoms with Crippen LogP contribution < -0.4 is 10.6 Å². The van der Waals surface area contributed by atoms with E-state index in [0.29, 0.717) is 18.9 Å². The molecule has 0 bridgehead atoms. The van der Waals surface area contributed by atoms with E-state index in [1.807, 2.05) is 5.32 Å². The highest BCUT2D eigenvalue weighted by Gasteiger charge is 2.33. The van der Waals surface area contributed by atoms with Crippen LogP contribution in [-0.2, 0) is 4.79 Å². The monoisotopic (exact) mass is 329 g/mol. The first-order chi connectivity index (χ1) is 9.44. The Labute approximate surface area is 129 Å². The van der Waals surface area contributed by atoms with Gasteiger partial charge in [0.15, 0.2) is 0 Å². The summed E-state index contributed by atoms with van der Waals surface area (Å²) in [6.07, 6.45) is -1.31. The van der Waals surface area contributed by atoms with Crippen molar-refractivity contribution in [1.29, 1.82) is 0 Å². The number of carbonyl (C=O) groups excluding carboxylic acids is 1. The van der Waals surface area contributed by atoms with Gasteiger partial charge in [0.1, 0.15) is 6.54 Å². The van der Waals surface area contributed by atoms with Crippen molar-refractivity contribution in [3.8, 4) is 0 Å². The number of hydrogen-bond donors (Lipinski definition) is 2. The Morgan fingerprint density at radius 3 is 2.71 bits per heavy atom. The number of carbonyl (C=O) groups is 1. The second kappa shape index (κ2) is 8.19. The third kappa shape index (κ3) is 6.40. The van der Waals surface area contributed by atoms with E-state index in [4.69, 9.17) is 0 Å². The fraction of sp³-hybridized carbons (Fsp3) is 0.923. The molecule has 0 aliphatic carbocycles. The highest BCUT2D eigenvalue weighted by atomic mass is 35.5. The molecule has 2 rings (SSSR count). The number of nitrogens with zero attached hydrogens (tertiary/aromatic N) is 1. The van der Waals surface area contributed by atoms with Gasteiger partial charge in [-0.3, -0.25) is 4.79 Å². The Morgan fingerprint density at radius 1 is 1.33 bits per heavy atom. The van der Waals surface area contributed by atoms with Crippen molar-refractivity contribution in [1.82, 2.24) is 15.5 Å². The second-order valence-corrected chi connectivity index (χ2v) is 5.79. The van der Waals surface area contributed by atoms with Crippen molar-refractivity contribution in [2.24, 2.45) is 11.8 Å². The number of halogens is 4. The van der Waals surface area contributed by atoms with E-state index in [-0.39, 0.29) is 18.3 Å². The number of hydrogen-bond acceptors (Lipinski definition) is 3. The van der Waals surface area contributed by atoms with Crippen molar-refractivity contribution in [2.75, 3.05) is 39.3 Å². The van der Waals surface area contributed by atoms with Crippen molar-refractivity contribution in [3.05, 3.63) is 0 Å². The fourth-order valence-electron chi connectivity index (χ4n) is 2.99. The van der Waals surface area contributed by atoms with Gasteiger partial charge in [0.25, 0.3) is 0 Å². The number of amides is 1. The number of likely N-dealkylation sites (tertiary alicyclic amines) is 1. The molecule has 4 nitrogen and oxygen atoms in total. The summed E-state index contributed by atoms with van der Waals surface area (Å²) in [7, 11) is 0. The van der Waals surface area contributed by atoms with Gasteiger partial charge in [-0.25, -0.2) is 0 Å². The van der Waals surface area contributed by atoms with Gasteiger partial charge in [0.2, 0.25) is 5.91 Å². The number of nitrogens with one attached hydrogen (secondary N) is 2. The smallest absolute Gasteiger partial charge is 0.347 e. The zero-order chi connectivity index (χ0) is 14.6. The topological polar surface area (TPSA) is 44.4 Å². The van der Waals surface area contributed by atoms with E-state index in [1.165, 1.54) is 12.8 Å². The summed E-state index contributed by atoms with van der Waals surface area (Å²) >= 11 is 0. The highest BCUT2D eigenvalue weighted by Crippen LogP contribution is 2.20. The maximum Gasteiger partial charge on any atom is 0.405 e. The van der Waals surface area contributed by atoms with Gasteiger partial charge in [-0.2, -0.15) is 13.2 Å². The third-order valence-corrected chi connectivity index (χ3v) is 4.02. The summed E-state index contributed by atoms with van der Waals surface area (Å²) in [5.41, 5.74) is 0.